The highest BCUT2D eigenvalue weighted by molar-refractivity contribution is 5.92. The molecular weight excluding hydrogens is 312 g/mol. The molecule has 1 unspecified atom stereocenters. The van der Waals surface area contributed by atoms with Gasteiger partial charge in [0.1, 0.15) is 5.82 Å². The Kier molecular flexibility index (Phi) is 3.16. The maximum absolute atomic E-state index is 13.3. The van der Waals surface area contributed by atoms with Crippen LogP contribution in [0, 0.1) is 0 Å². The molecular formula is C18H15F2N3O. The number of nitrogens with one attached hydrogen (secondary N) is 1. The molecule has 0 bridgehead atoms. The van der Waals surface area contributed by atoms with Gasteiger partial charge in [-0.2, -0.15) is 0 Å². The minimum absolute atomic E-state index is 0.0195. The van der Waals surface area contributed by atoms with Crippen molar-refractivity contribution in [2.45, 2.75) is 25.3 Å². The fourth-order valence-electron chi connectivity index (χ4n) is 3.08. The summed E-state index contributed by atoms with van der Waals surface area (Å²) in [5.74, 6) is -2.19. The van der Waals surface area contributed by atoms with E-state index in [1.807, 2.05) is 24.3 Å². The van der Waals surface area contributed by atoms with Crippen molar-refractivity contribution in [3.05, 3.63) is 65.5 Å². The molecule has 0 saturated heterocycles. The van der Waals surface area contributed by atoms with E-state index in [1.165, 1.54) is 12.1 Å². The van der Waals surface area contributed by atoms with Crippen molar-refractivity contribution in [3.63, 3.8) is 0 Å². The standard InChI is InChI=1S/C18H15F2N3O/c1-18(19,20)12-8-6-11(7-9-12)10-14-16-21-13-4-2-3-5-15(13)23(16)17(24)22-14/h2-9,14H,10H2,1H3,(H,22,24). The number of para-hydroxylation sites is 2. The predicted octanol–water partition coefficient (Wildman–Crippen LogP) is 4.00. The van der Waals surface area contributed by atoms with Gasteiger partial charge < -0.3 is 5.32 Å². The van der Waals surface area contributed by atoms with E-state index in [9.17, 15) is 13.6 Å². The second-order valence-corrected chi connectivity index (χ2v) is 6.09. The van der Waals surface area contributed by atoms with Crippen LogP contribution < -0.4 is 5.32 Å². The highest BCUT2D eigenvalue weighted by Crippen LogP contribution is 2.30. The maximum Gasteiger partial charge on any atom is 0.328 e. The summed E-state index contributed by atoms with van der Waals surface area (Å²) < 4.78 is 28.2. The highest BCUT2D eigenvalue weighted by atomic mass is 19.3. The molecule has 1 aliphatic rings. The van der Waals surface area contributed by atoms with Crippen LogP contribution in [0.3, 0.4) is 0 Å². The normalized spacial score (nSPS) is 17.1. The number of carbonyl (C=O) groups is 1. The van der Waals surface area contributed by atoms with Crippen LogP contribution in [0.1, 0.15) is 29.9 Å². The van der Waals surface area contributed by atoms with Crippen LogP contribution >= 0.6 is 0 Å². The van der Waals surface area contributed by atoms with Crippen LogP contribution in [-0.2, 0) is 12.3 Å². The molecule has 2 heterocycles. The van der Waals surface area contributed by atoms with Gasteiger partial charge in [-0.1, -0.05) is 36.4 Å². The molecule has 3 aromatic rings. The number of halogens is 2. The smallest absolute Gasteiger partial charge is 0.327 e. The molecule has 0 spiro atoms. The van der Waals surface area contributed by atoms with E-state index in [0.29, 0.717) is 12.2 Å². The van der Waals surface area contributed by atoms with Crippen molar-refractivity contribution in [2.75, 3.05) is 0 Å². The minimum Gasteiger partial charge on any atom is -0.327 e. The largest absolute Gasteiger partial charge is 0.328 e. The van der Waals surface area contributed by atoms with E-state index in [0.717, 1.165) is 23.5 Å². The summed E-state index contributed by atoms with van der Waals surface area (Å²) in [6.45, 7) is 0.877. The lowest BCUT2D eigenvalue weighted by atomic mass is 10.0. The topological polar surface area (TPSA) is 46.9 Å². The third-order valence-corrected chi connectivity index (χ3v) is 4.30. The van der Waals surface area contributed by atoms with Crippen molar-refractivity contribution in [3.8, 4) is 0 Å². The Morgan fingerprint density at radius 2 is 1.88 bits per heavy atom. The van der Waals surface area contributed by atoms with Gasteiger partial charge in [0.15, 0.2) is 0 Å². The second kappa shape index (κ2) is 5.12. The summed E-state index contributed by atoms with van der Waals surface area (Å²) in [5, 5.41) is 2.90. The SMILES string of the molecule is CC(F)(F)c1ccc(CC2NC(=O)n3c2nc2ccccc23)cc1. The number of carbonyl (C=O) groups excluding carboxylic acids is 1. The van der Waals surface area contributed by atoms with E-state index in [2.05, 4.69) is 10.3 Å². The zero-order chi connectivity index (χ0) is 16.9. The molecule has 24 heavy (non-hydrogen) atoms. The number of nitrogens with zero attached hydrogens (tertiary/aromatic N) is 2. The molecule has 1 atom stereocenters. The molecule has 1 aliphatic heterocycles. The van der Waals surface area contributed by atoms with Gasteiger partial charge in [-0.3, -0.25) is 0 Å². The van der Waals surface area contributed by atoms with Crippen molar-refractivity contribution < 1.29 is 13.6 Å². The van der Waals surface area contributed by atoms with Crippen molar-refractivity contribution in [2.24, 2.45) is 0 Å². The van der Waals surface area contributed by atoms with Gasteiger partial charge in [-0.05, 0) is 24.1 Å². The second-order valence-electron chi connectivity index (χ2n) is 6.09. The molecule has 1 N–H and O–H groups in total. The summed E-state index contributed by atoms with van der Waals surface area (Å²) in [4.78, 5) is 16.8. The first-order valence-electron chi connectivity index (χ1n) is 7.69. The van der Waals surface area contributed by atoms with Gasteiger partial charge in [-0.15, -0.1) is 0 Å². The third-order valence-electron chi connectivity index (χ3n) is 4.30. The number of fused-ring (bicyclic) bond motifs is 3. The Morgan fingerprint density at radius 1 is 1.17 bits per heavy atom. The van der Waals surface area contributed by atoms with Crippen LogP contribution in [-0.4, -0.2) is 15.6 Å². The third kappa shape index (κ3) is 2.35. The highest BCUT2D eigenvalue weighted by Gasteiger charge is 2.32. The summed E-state index contributed by atoms with van der Waals surface area (Å²) in [6.07, 6.45) is 0.505. The maximum atomic E-state index is 13.3. The number of imidazole rings is 1. The van der Waals surface area contributed by atoms with Crippen molar-refractivity contribution in [1.29, 1.82) is 0 Å². The molecule has 4 nitrogen and oxygen atoms in total. The average molecular weight is 327 g/mol. The Hall–Kier alpha value is -2.76. The van der Waals surface area contributed by atoms with Gasteiger partial charge in [0.2, 0.25) is 0 Å². The molecule has 4 rings (SSSR count). The lowest BCUT2D eigenvalue weighted by molar-refractivity contribution is 0.0174. The zero-order valence-corrected chi connectivity index (χ0v) is 13.0. The van der Waals surface area contributed by atoms with Gasteiger partial charge >= 0.3 is 6.03 Å². The quantitative estimate of drug-likeness (QED) is 0.790. The zero-order valence-electron chi connectivity index (χ0n) is 13.0. The summed E-state index contributed by atoms with van der Waals surface area (Å²) in [7, 11) is 0. The summed E-state index contributed by atoms with van der Waals surface area (Å²) in [6, 6.07) is 13.2. The molecule has 122 valence electrons. The van der Waals surface area contributed by atoms with Crippen LogP contribution in [0.25, 0.3) is 11.0 Å². The van der Waals surface area contributed by atoms with Gasteiger partial charge in [0.25, 0.3) is 5.92 Å². The number of amides is 1. The van der Waals surface area contributed by atoms with E-state index >= 15 is 0 Å². The number of benzene rings is 2. The van der Waals surface area contributed by atoms with Crippen molar-refractivity contribution >= 4 is 17.1 Å². The molecule has 0 fully saturated rings. The fourth-order valence-corrected chi connectivity index (χ4v) is 3.08. The minimum atomic E-state index is -2.85. The van der Waals surface area contributed by atoms with Gasteiger partial charge in [0.05, 0.1) is 17.1 Å². The van der Waals surface area contributed by atoms with Crippen molar-refractivity contribution in [1.82, 2.24) is 14.9 Å². The molecule has 1 amide bonds. The van der Waals surface area contributed by atoms with Crippen LogP contribution in [0.2, 0.25) is 0 Å². The summed E-state index contributed by atoms with van der Waals surface area (Å²) >= 11 is 0. The average Bonchev–Trinajstić information content (AvgIpc) is 3.06. The molecule has 0 aliphatic carbocycles. The first-order valence-corrected chi connectivity index (χ1v) is 7.69. The van der Waals surface area contributed by atoms with Crippen LogP contribution in [0.15, 0.2) is 48.5 Å². The fraction of sp³-hybridized carbons (Fsp3) is 0.222. The number of hydrogen-bond acceptors (Lipinski definition) is 2. The monoisotopic (exact) mass is 327 g/mol. The first kappa shape index (κ1) is 14.8. The van der Waals surface area contributed by atoms with E-state index < -0.39 is 5.92 Å². The van der Waals surface area contributed by atoms with E-state index in [4.69, 9.17) is 0 Å². The lowest BCUT2D eigenvalue weighted by Gasteiger charge is -2.12. The van der Waals surface area contributed by atoms with Crippen LogP contribution in [0.4, 0.5) is 13.6 Å². The van der Waals surface area contributed by atoms with E-state index in [1.54, 1.807) is 16.7 Å². The number of aromatic nitrogens is 2. The Balaban J connectivity index is 1.64. The van der Waals surface area contributed by atoms with E-state index in [-0.39, 0.29) is 17.6 Å². The molecule has 0 radical (unpaired) electrons. The lowest BCUT2D eigenvalue weighted by Crippen LogP contribution is -2.22. The van der Waals surface area contributed by atoms with Crippen LogP contribution in [0.5, 0.6) is 0 Å². The number of hydrogen-bond donors (Lipinski definition) is 1. The van der Waals surface area contributed by atoms with Gasteiger partial charge in [-0.25, -0.2) is 23.1 Å². The first-order chi connectivity index (χ1) is 11.4. The Morgan fingerprint density at radius 3 is 2.58 bits per heavy atom. The molecule has 1 aromatic heterocycles. The Bertz CT molecular complexity index is 926. The van der Waals surface area contributed by atoms with Gasteiger partial charge in [0, 0.05) is 12.5 Å². The predicted molar refractivity (Wildman–Crippen MR) is 86.1 cm³/mol. The molecule has 2 aromatic carbocycles. The number of rotatable bonds is 3. The Labute approximate surface area is 137 Å². The summed E-state index contributed by atoms with van der Waals surface area (Å²) in [5.41, 5.74) is 2.39. The molecule has 0 saturated carbocycles. The number of alkyl halides is 2. The molecule has 6 heteroatoms.